The second-order valence-corrected chi connectivity index (χ2v) is 7.36. The molecule has 2 aliphatic rings. The number of anilines is 1. The van der Waals surface area contributed by atoms with Gasteiger partial charge in [-0.15, -0.1) is 10.2 Å². The molecule has 1 aromatic rings. The molecule has 2 N–H and O–H groups in total. The number of nitrogens with zero attached hydrogens (tertiary/aromatic N) is 3. The summed E-state index contributed by atoms with van der Waals surface area (Å²) in [5, 5.41) is 8.16. The topological polar surface area (TPSA) is 72.1 Å². The number of aromatic nitrogens is 2. The monoisotopic (exact) mass is 310 g/mol. The summed E-state index contributed by atoms with van der Waals surface area (Å²) in [6, 6.07) is 0.437. The maximum absolute atomic E-state index is 12.5. The molecule has 0 bridgehead atoms. The maximum Gasteiger partial charge on any atom is 0.237 e. The van der Waals surface area contributed by atoms with E-state index in [-0.39, 0.29) is 5.91 Å². The van der Waals surface area contributed by atoms with Gasteiger partial charge in [0.25, 0.3) is 0 Å². The van der Waals surface area contributed by atoms with E-state index in [1.165, 1.54) is 41.6 Å². The smallest absolute Gasteiger partial charge is 0.237 e. The quantitative estimate of drug-likeness (QED) is 0.847. The van der Waals surface area contributed by atoms with Crippen LogP contribution in [0.5, 0.6) is 0 Å². The predicted octanol–water partition coefficient (Wildman–Crippen LogP) is 2.66. The number of allylic oxidation sites excluding steroid dienone is 2. The van der Waals surface area contributed by atoms with E-state index >= 15 is 0 Å². The minimum absolute atomic E-state index is 0.194. The molecule has 1 amide bonds. The van der Waals surface area contributed by atoms with Gasteiger partial charge < -0.3 is 10.6 Å². The summed E-state index contributed by atoms with van der Waals surface area (Å²) < 4.78 is 0.768. The Morgan fingerprint density at radius 2 is 2.30 bits per heavy atom. The van der Waals surface area contributed by atoms with Crippen molar-refractivity contribution in [3.63, 3.8) is 0 Å². The second-order valence-electron chi connectivity index (χ2n) is 5.13. The number of carbonyl (C=O) groups excluding carboxylic acids is 1. The normalized spacial score (nSPS) is 18.7. The molecule has 0 aliphatic heterocycles. The average Bonchev–Trinajstić information content (AvgIpc) is 3.20. The van der Waals surface area contributed by atoms with Gasteiger partial charge in [-0.25, -0.2) is 0 Å². The lowest BCUT2D eigenvalue weighted by atomic mass is 10.0. The van der Waals surface area contributed by atoms with Gasteiger partial charge in [0.05, 0.1) is 5.75 Å². The second kappa shape index (κ2) is 6.13. The first kappa shape index (κ1) is 13.9. The molecular formula is C13H18N4OS2. The first-order chi connectivity index (χ1) is 9.74. The van der Waals surface area contributed by atoms with Gasteiger partial charge in [0, 0.05) is 11.7 Å². The van der Waals surface area contributed by atoms with Gasteiger partial charge in [0.2, 0.25) is 11.0 Å². The fourth-order valence-electron chi connectivity index (χ4n) is 2.44. The molecular weight excluding hydrogens is 292 g/mol. The molecule has 7 heteroatoms. The summed E-state index contributed by atoms with van der Waals surface area (Å²) in [5.74, 6) is 0.613. The number of thioether (sulfide) groups is 1. The van der Waals surface area contributed by atoms with E-state index in [1.54, 1.807) is 0 Å². The Labute approximate surface area is 126 Å². The van der Waals surface area contributed by atoms with Crippen LogP contribution in [0.4, 0.5) is 5.13 Å². The molecule has 0 saturated heterocycles. The van der Waals surface area contributed by atoms with E-state index < -0.39 is 0 Å². The van der Waals surface area contributed by atoms with Crippen LogP contribution in [-0.4, -0.2) is 32.8 Å². The highest BCUT2D eigenvalue weighted by molar-refractivity contribution is 8.01. The lowest BCUT2D eigenvalue weighted by Gasteiger charge is -2.27. The van der Waals surface area contributed by atoms with Crippen molar-refractivity contribution in [1.82, 2.24) is 15.1 Å². The summed E-state index contributed by atoms with van der Waals surface area (Å²) in [4.78, 5) is 14.5. The molecule has 20 heavy (non-hydrogen) atoms. The van der Waals surface area contributed by atoms with Gasteiger partial charge in [-0.05, 0) is 38.5 Å². The molecule has 5 nitrogen and oxygen atoms in total. The maximum atomic E-state index is 12.5. The van der Waals surface area contributed by atoms with Crippen LogP contribution in [0, 0.1) is 0 Å². The number of amides is 1. The number of nitrogens with two attached hydrogens (primary N) is 1. The molecule has 0 spiro atoms. The Kier molecular flexibility index (Phi) is 4.26. The molecule has 0 unspecified atom stereocenters. The van der Waals surface area contributed by atoms with E-state index in [1.807, 2.05) is 4.90 Å². The molecule has 0 atom stereocenters. The van der Waals surface area contributed by atoms with Gasteiger partial charge in [-0.3, -0.25) is 4.79 Å². The molecule has 0 aromatic carbocycles. The Morgan fingerprint density at radius 3 is 2.90 bits per heavy atom. The van der Waals surface area contributed by atoms with Crippen LogP contribution in [0.3, 0.4) is 0 Å². The third kappa shape index (κ3) is 3.32. The molecule has 0 radical (unpaired) electrons. The van der Waals surface area contributed by atoms with Crippen molar-refractivity contribution < 1.29 is 4.79 Å². The molecule has 2 aliphatic carbocycles. The fourth-order valence-corrected chi connectivity index (χ4v) is 3.94. The zero-order valence-corrected chi connectivity index (χ0v) is 12.9. The number of nitrogen functional groups attached to an aromatic ring is 1. The van der Waals surface area contributed by atoms with Crippen LogP contribution < -0.4 is 5.73 Å². The van der Waals surface area contributed by atoms with Crippen molar-refractivity contribution >= 4 is 34.1 Å². The summed E-state index contributed by atoms with van der Waals surface area (Å²) >= 11 is 2.77. The van der Waals surface area contributed by atoms with E-state index in [9.17, 15) is 4.79 Å². The third-order valence-corrected chi connectivity index (χ3v) is 5.37. The first-order valence-electron chi connectivity index (χ1n) is 6.97. The van der Waals surface area contributed by atoms with Crippen LogP contribution in [-0.2, 0) is 4.79 Å². The van der Waals surface area contributed by atoms with E-state index in [0.29, 0.717) is 16.9 Å². The predicted molar refractivity (Wildman–Crippen MR) is 81.5 cm³/mol. The standard InChI is InChI=1S/C13H18N4OS2/c14-12-15-16-13(20-12)19-8-11(18)17(10-6-7-10)9-4-2-1-3-5-9/h4,10H,1-3,5-8H2,(H2,14,15). The summed E-state index contributed by atoms with van der Waals surface area (Å²) in [6.07, 6.45) is 9.11. The Hall–Kier alpha value is -1.08. The lowest BCUT2D eigenvalue weighted by molar-refractivity contribution is -0.127. The molecule has 3 rings (SSSR count). The molecule has 1 aromatic heterocycles. The highest BCUT2D eigenvalue weighted by atomic mass is 32.2. The number of carbonyl (C=O) groups is 1. The van der Waals surface area contributed by atoms with Gasteiger partial charge in [-0.1, -0.05) is 29.2 Å². The minimum Gasteiger partial charge on any atom is -0.374 e. The lowest BCUT2D eigenvalue weighted by Crippen LogP contribution is -2.34. The van der Waals surface area contributed by atoms with E-state index in [0.717, 1.165) is 30.0 Å². The van der Waals surface area contributed by atoms with Crippen LogP contribution in [0.2, 0.25) is 0 Å². The zero-order chi connectivity index (χ0) is 13.9. The van der Waals surface area contributed by atoms with Crippen LogP contribution in [0.1, 0.15) is 38.5 Å². The van der Waals surface area contributed by atoms with Crippen LogP contribution in [0.25, 0.3) is 0 Å². The van der Waals surface area contributed by atoms with Crippen molar-refractivity contribution in [2.75, 3.05) is 11.5 Å². The van der Waals surface area contributed by atoms with Gasteiger partial charge in [0.1, 0.15) is 0 Å². The Balaban J connectivity index is 1.62. The summed E-state index contributed by atoms with van der Waals surface area (Å²) in [7, 11) is 0. The SMILES string of the molecule is Nc1nnc(SCC(=O)N(C2=CCCCC2)C2CC2)s1. The highest BCUT2D eigenvalue weighted by Crippen LogP contribution is 2.35. The minimum atomic E-state index is 0.194. The van der Waals surface area contributed by atoms with Crippen molar-refractivity contribution in [2.24, 2.45) is 0 Å². The van der Waals surface area contributed by atoms with Crippen molar-refractivity contribution in [3.8, 4) is 0 Å². The van der Waals surface area contributed by atoms with Crippen LogP contribution in [0.15, 0.2) is 16.1 Å². The average molecular weight is 310 g/mol. The van der Waals surface area contributed by atoms with Crippen LogP contribution >= 0.6 is 23.1 Å². The van der Waals surface area contributed by atoms with E-state index in [4.69, 9.17) is 5.73 Å². The Morgan fingerprint density at radius 1 is 1.45 bits per heavy atom. The van der Waals surface area contributed by atoms with Crippen molar-refractivity contribution in [1.29, 1.82) is 0 Å². The highest BCUT2D eigenvalue weighted by Gasteiger charge is 2.34. The zero-order valence-electron chi connectivity index (χ0n) is 11.2. The largest absolute Gasteiger partial charge is 0.374 e. The van der Waals surface area contributed by atoms with Gasteiger partial charge >= 0.3 is 0 Å². The Bertz CT molecular complexity index is 524. The fraction of sp³-hybridized carbons (Fsp3) is 0.615. The number of hydrogen-bond donors (Lipinski definition) is 1. The molecule has 1 heterocycles. The van der Waals surface area contributed by atoms with Crippen molar-refractivity contribution in [2.45, 2.75) is 48.9 Å². The summed E-state index contributed by atoms with van der Waals surface area (Å²) in [6.45, 7) is 0. The first-order valence-corrected chi connectivity index (χ1v) is 8.77. The molecule has 1 saturated carbocycles. The molecule has 1 fully saturated rings. The number of rotatable bonds is 5. The summed E-state index contributed by atoms with van der Waals surface area (Å²) in [5.41, 5.74) is 6.78. The van der Waals surface area contributed by atoms with E-state index in [2.05, 4.69) is 16.3 Å². The molecule has 108 valence electrons. The van der Waals surface area contributed by atoms with Gasteiger partial charge in [0.15, 0.2) is 4.34 Å². The number of hydrogen-bond acceptors (Lipinski definition) is 6. The van der Waals surface area contributed by atoms with Crippen molar-refractivity contribution in [3.05, 3.63) is 11.8 Å². The van der Waals surface area contributed by atoms with Gasteiger partial charge in [-0.2, -0.15) is 0 Å². The third-order valence-electron chi connectivity index (χ3n) is 3.50.